The van der Waals surface area contributed by atoms with E-state index in [0.717, 1.165) is 57.3 Å². The van der Waals surface area contributed by atoms with Gasteiger partial charge in [0.05, 0.1) is 0 Å². The van der Waals surface area contributed by atoms with Crippen molar-refractivity contribution in [1.29, 1.82) is 0 Å². The number of hydrogen-bond acceptors (Lipinski definition) is 3. The van der Waals surface area contributed by atoms with E-state index in [1.807, 2.05) is 0 Å². The molecular formula is C15H31N3O2S. The summed E-state index contributed by atoms with van der Waals surface area (Å²) in [4.78, 5) is 0. The van der Waals surface area contributed by atoms with Gasteiger partial charge in [-0.2, -0.15) is 17.4 Å². The van der Waals surface area contributed by atoms with Crippen molar-refractivity contribution in [2.24, 2.45) is 11.7 Å². The second-order valence-corrected chi connectivity index (χ2v) is 8.43. The summed E-state index contributed by atoms with van der Waals surface area (Å²) in [6.45, 7) is 3.90. The predicted molar refractivity (Wildman–Crippen MR) is 86.1 cm³/mol. The fourth-order valence-electron chi connectivity index (χ4n) is 3.61. The van der Waals surface area contributed by atoms with Crippen LogP contribution in [0, 0.1) is 5.92 Å². The van der Waals surface area contributed by atoms with Crippen LogP contribution in [0.1, 0.15) is 64.7 Å². The van der Waals surface area contributed by atoms with Crippen LogP contribution < -0.4 is 10.5 Å². The first kappa shape index (κ1) is 17.2. The largest absolute Gasteiger partial charge is 0.329 e. The van der Waals surface area contributed by atoms with Crippen molar-refractivity contribution in [3.05, 3.63) is 0 Å². The fraction of sp³-hybridized carbons (Fsp3) is 1.00. The van der Waals surface area contributed by atoms with Crippen molar-refractivity contribution >= 4 is 10.2 Å². The smallest absolute Gasteiger partial charge is 0.279 e. The highest BCUT2D eigenvalue weighted by Gasteiger charge is 2.38. The summed E-state index contributed by atoms with van der Waals surface area (Å²) in [5, 5.41) is 0. The van der Waals surface area contributed by atoms with E-state index in [1.54, 1.807) is 4.31 Å². The lowest BCUT2D eigenvalue weighted by atomic mass is 9.76. The fourth-order valence-corrected chi connectivity index (χ4v) is 5.31. The monoisotopic (exact) mass is 317 g/mol. The molecule has 1 saturated heterocycles. The first-order valence-electron chi connectivity index (χ1n) is 8.50. The van der Waals surface area contributed by atoms with E-state index >= 15 is 0 Å². The summed E-state index contributed by atoms with van der Waals surface area (Å²) in [7, 11) is -3.40. The molecular weight excluding hydrogens is 286 g/mol. The van der Waals surface area contributed by atoms with Crippen molar-refractivity contribution in [1.82, 2.24) is 9.03 Å². The van der Waals surface area contributed by atoms with E-state index in [4.69, 9.17) is 5.73 Å². The molecule has 0 atom stereocenters. The van der Waals surface area contributed by atoms with Crippen LogP contribution in [0.3, 0.4) is 0 Å². The SMILES string of the molecule is CCC1CCC(CN)(NS(=O)(=O)N2CCCCCC2)CC1. The number of nitrogens with two attached hydrogens (primary N) is 1. The van der Waals surface area contributed by atoms with Crippen molar-refractivity contribution < 1.29 is 8.42 Å². The second-order valence-electron chi connectivity index (χ2n) is 6.76. The number of nitrogens with zero attached hydrogens (tertiary/aromatic N) is 1. The molecule has 2 fully saturated rings. The second kappa shape index (κ2) is 7.40. The molecule has 0 aromatic carbocycles. The van der Waals surface area contributed by atoms with E-state index in [1.165, 1.54) is 6.42 Å². The number of hydrogen-bond donors (Lipinski definition) is 2. The Bertz CT molecular complexity index is 409. The molecule has 6 heteroatoms. The predicted octanol–water partition coefficient (Wildman–Crippen LogP) is 1.99. The molecule has 0 bridgehead atoms. The molecule has 0 amide bonds. The van der Waals surface area contributed by atoms with Gasteiger partial charge in [-0.25, -0.2) is 0 Å². The molecule has 2 aliphatic rings. The standard InChI is InChI=1S/C15H31N3O2S/c1-2-14-7-9-15(13-16,10-8-14)17-21(19,20)18-11-5-3-4-6-12-18/h14,17H,2-13,16H2,1H3. The van der Waals surface area contributed by atoms with Crippen LogP contribution in [0.5, 0.6) is 0 Å². The normalized spacial score (nSPS) is 32.8. The van der Waals surface area contributed by atoms with Crippen LogP contribution in [0.15, 0.2) is 0 Å². The molecule has 1 aliphatic carbocycles. The quantitative estimate of drug-likeness (QED) is 0.814. The van der Waals surface area contributed by atoms with Crippen LogP contribution in [0.4, 0.5) is 0 Å². The highest BCUT2D eigenvalue weighted by Crippen LogP contribution is 2.34. The zero-order valence-electron chi connectivity index (χ0n) is 13.3. The highest BCUT2D eigenvalue weighted by molar-refractivity contribution is 7.87. The molecule has 21 heavy (non-hydrogen) atoms. The van der Waals surface area contributed by atoms with Gasteiger partial charge in [-0.05, 0) is 44.4 Å². The Morgan fingerprint density at radius 1 is 1.14 bits per heavy atom. The summed E-state index contributed by atoms with van der Waals surface area (Å²) < 4.78 is 30.0. The molecule has 1 aliphatic heterocycles. The zero-order chi connectivity index (χ0) is 15.3. The van der Waals surface area contributed by atoms with Crippen LogP contribution in [0.25, 0.3) is 0 Å². The molecule has 3 N–H and O–H groups in total. The van der Waals surface area contributed by atoms with Gasteiger partial charge in [0.25, 0.3) is 10.2 Å². The topological polar surface area (TPSA) is 75.4 Å². The molecule has 5 nitrogen and oxygen atoms in total. The Labute approximate surface area is 129 Å². The van der Waals surface area contributed by atoms with E-state index in [9.17, 15) is 8.42 Å². The Morgan fingerprint density at radius 2 is 1.71 bits per heavy atom. The van der Waals surface area contributed by atoms with Crippen molar-refractivity contribution in [3.8, 4) is 0 Å². The van der Waals surface area contributed by atoms with Gasteiger partial charge in [-0.3, -0.25) is 0 Å². The van der Waals surface area contributed by atoms with Crippen LogP contribution >= 0.6 is 0 Å². The van der Waals surface area contributed by atoms with Gasteiger partial charge in [0.2, 0.25) is 0 Å². The molecule has 0 aromatic rings. The van der Waals surface area contributed by atoms with Gasteiger partial charge in [-0.1, -0.05) is 26.2 Å². The third kappa shape index (κ3) is 4.41. The molecule has 0 aromatic heterocycles. The minimum Gasteiger partial charge on any atom is -0.329 e. The van der Waals surface area contributed by atoms with Gasteiger partial charge >= 0.3 is 0 Å². The molecule has 2 rings (SSSR count). The summed E-state index contributed by atoms with van der Waals surface area (Å²) in [6.07, 6.45) is 9.28. The van der Waals surface area contributed by atoms with E-state index < -0.39 is 15.7 Å². The van der Waals surface area contributed by atoms with Crippen LogP contribution in [-0.4, -0.2) is 37.9 Å². The Balaban J connectivity index is 2.02. The average Bonchev–Trinajstić information content (AvgIpc) is 2.77. The first-order valence-corrected chi connectivity index (χ1v) is 9.94. The third-order valence-corrected chi connectivity index (χ3v) is 7.02. The third-order valence-electron chi connectivity index (χ3n) is 5.28. The Kier molecular flexibility index (Phi) is 6.05. The van der Waals surface area contributed by atoms with Crippen molar-refractivity contribution in [3.63, 3.8) is 0 Å². The summed E-state index contributed by atoms with van der Waals surface area (Å²) in [6, 6.07) is 0. The lowest BCUT2D eigenvalue weighted by Crippen LogP contribution is -2.58. The maximum absolute atomic E-state index is 12.7. The van der Waals surface area contributed by atoms with Crippen LogP contribution in [-0.2, 0) is 10.2 Å². The molecule has 124 valence electrons. The minimum atomic E-state index is -3.40. The lowest BCUT2D eigenvalue weighted by molar-refractivity contribution is 0.213. The molecule has 0 unspecified atom stereocenters. The van der Waals surface area contributed by atoms with Gasteiger partial charge in [0, 0.05) is 25.2 Å². The van der Waals surface area contributed by atoms with E-state index in [0.29, 0.717) is 19.6 Å². The Morgan fingerprint density at radius 3 is 2.19 bits per heavy atom. The van der Waals surface area contributed by atoms with E-state index in [2.05, 4.69) is 11.6 Å². The number of rotatable bonds is 5. The van der Waals surface area contributed by atoms with Gasteiger partial charge in [0.1, 0.15) is 0 Å². The summed E-state index contributed by atoms with van der Waals surface area (Å²) in [5.74, 6) is 0.729. The molecule has 0 radical (unpaired) electrons. The van der Waals surface area contributed by atoms with Gasteiger partial charge in [-0.15, -0.1) is 0 Å². The van der Waals surface area contributed by atoms with Crippen LogP contribution in [0.2, 0.25) is 0 Å². The maximum atomic E-state index is 12.7. The first-order chi connectivity index (χ1) is 10.0. The molecule has 1 saturated carbocycles. The molecule has 0 spiro atoms. The van der Waals surface area contributed by atoms with Crippen molar-refractivity contribution in [2.45, 2.75) is 70.3 Å². The lowest BCUT2D eigenvalue weighted by Gasteiger charge is -2.40. The highest BCUT2D eigenvalue weighted by atomic mass is 32.2. The zero-order valence-corrected chi connectivity index (χ0v) is 14.1. The summed E-state index contributed by atoms with van der Waals surface area (Å²) in [5.41, 5.74) is 5.53. The summed E-state index contributed by atoms with van der Waals surface area (Å²) >= 11 is 0. The van der Waals surface area contributed by atoms with Gasteiger partial charge in [0.15, 0.2) is 0 Å². The average molecular weight is 317 g/mol. The van der Waals surface area contributed by atoms with Crippen molar-refractivity contribution in [2.75, 3.05) is 19.6 Å². The van der Waals surface area contributed by atoms with E-state index in [-0.39, 0.29) is 0 Å². The minimum absolute atomic E-state index is 0.399. The maximum Gasteiger partial charge on any atom is 0.279 e. The Hall–Kier alpha value is -0.170. The molecule has 1 heterocycles. The van der Waals surface area contributed by atoms with Gasteiger partial charge < -0.3 is 5.73 Å². The number of nitrogens with one attached hydrogen (secondary N) is 1.